The van der Waals surface area contributed by atoms with E-state index in [2.05, 4.69) is 5.32 Å². The Morgan fingerprint density at radius 3 is 2.90 bits per heavy atom. The topological polar surface area (TPSA) is 93.4 Å². The van der Waals surface area contributed by atoms with E-state index in [0.717, 1.165) is 12.1 Å². The molecule has 104 valence electrons. The van der Waals surface area contributed by atoms with Crippen molar-refractivity contribution in [1.29, 1.82) is 5.26 Å². The number of carbonyl (C=O) groups excluding carboxylic acids is 1. The molecule has 1 fully saturated rings. The van der Waals surface area contributed by atoms with E-state index in [1.165, 1.54) is 11.0 Å². The second-order valence-electron chi connectivity index (χ2n) is 4.42. The maximum Gasteiger partial charge on any atom is 0.326 e. The highest BCUT2D eigenvalue weighted by molar-refractivity contribution is 5.93. The first-order valence-corrected chi connectivity index (χ1v) is 6.03. The quantitative estimate of drug-likeness (QED) is 0.861. The van der Waals surface area contributed by atoms with Crippen molar-refractivity contribution in [2.75, 3.05) is 11.9 Å². The zero-order chi connectivity index (χ0) is 14.7. The van der Waals surface area contributed by atoms with Crippen LogP contribution in [0.15, 0.2) is 18.2 Å². The predicted molar refractivity (Wildman–Crippen MR) is 67.5 cm³/mol. The van der Waals surface area contributed by atoms with Gasteiger partial charge in [0, 0.05) is 6.54 Å². The molecule has 1 aliphatic rings. The molecule has 6 nitrogen and oxygen atoms in total. The lowest BCUT2D eigenvalue weighted by molar-refractivity contribution is -0.141. The van der Waals surface area contributed by atoms with Crippen LogP contribution >= 0.6 is 0 Å². The monoisotopic (exact) mass is 277 g/mol. The first-order chi connectivity index (χ1) is 9.52. The van der Waals surface area contributed by atoms with E-state index in [0.29, 0.717) is 19.4 Å². The molecule has 2 amide bonds. The van der Waals surface area contributed by atoms with Crippen molar-refractivity contribution in [2.24, 2.45) is 0 Å². The second-order valence-corrected chi connectivity index (χ2v) is 4.42. The van der Waals surface area contributed by atoms with Crippen LogP contribution in [0.4, 0.5) is 14.9 Å². The molecule has 0 aromatic heterocycles. The van der Waals surface area contributed by atoms with Gasteiger partial charge in [-0.25, -0.2) is 14.0 Å². The molecular weight excluding hydrogens is 265 g/mol. The zero-order valence-electron chi connectivity index (χ0n) is 10.5. The Hall–Kier alpha value is -2.62. The molecule has 1 atom stereocenters. The third-order valence-corrected chi connectivity index (χ3v) is 3.14. The minimum Gasteiger partial charge on any atom is -0.480 e. The van der Waals surface area contributed by atoms with Crippen molar-refractivity contribution in [2.45, 2.75) is 18.9 Å². The van der Waals surface area contributed by atoms with E-state index < -0.39 is 23.9 Å². The van der Waals surface area contributed by atoms with Gasteiger partial charge in [-0.3, -0.25) is 0 Å². The molecule has 0 saturated carbocycles. The molecule has 2 rings (SSSR count). The molecule has 0 bridgehead atoms. The lowest BCUT2D eigenvalue weighted by atomic mass is 10.2. The van der Waals surface area contributed by atoms with Crippen LogP contribution < -0.4 is 5.32 Å². The van der Waals surface area contributed by atoms with Crippen molar-refractivity contribution in [1.82, 2.24) is 4.90 Å². The Bertz CT molecular complexity index is 597. The number of carboxylic acids is 1. The summed E-state index contributed by atoms with van der Waals surface area (Å²) in [6.07, 6.45) is 1.01. The second kappa shape index (κ2) is 5.57. The minimum atomic E-state index is -1.06. The molecule has 1 aromatic rings. The zero-order valence-corrected chi connectivity index (χ0v) is 10.5. The number of urea groups is 1. The molecule has 1 saturated heterocycles. The van der Waals surface area contributed by atoms with E-state index >= 15 is 0 Å². The van der Waals surface area contributed by atoms with Gasteiger partial charge >= 0.3 is 12.0 Å². The smallest absolute Gasteiger partial charge is 0.326 e. The van der Waals surface area contributed by atoms with Crippen LogP contribution in [0.25, 0.3) is 0 Å². The molecule has 0 unspecified atom stereocenters. The fraction of sp³-hybridized carbons (Fsp3) is 0.308. The number of anilines is 1. The van der Waals surface area contributed by atoms with Gasteiger partial charge in [0.25, 0.3) is 0 Å². The van der Waals surface area contributed by atoms with Crippen LogP contribution in [0.2, 0.25) is 0 Å². The molecular formula is C13H12FN3O3. The van der Waals surface area contributed by atoms with Crippen LogP contribution in [-0.4, -0.2) is 34.6 Å². The van der Waals surface area contributed by atoms with Crippen LogP contribution in [0.3, 0.4) is 0 Å². The lowest BCUT2D eigenvalue weighted by Gasteiger charge is -2.22. The Kier molecular flexibility index (Phi) is 3.84. The van der Waals surface area contributed by atoms with Gasteiger partial charge in [0.1, 0.15) is 17.9 Å². The Morgan fingerprint density at radius 2 is 2.25 bits per heavy atom. The van der Waals surface area contributed by atoms with E-state index in [1.807, 2.05) is 0 Å². The van der Waals surface area contributed by atoms with Crippen LogP contribution in [0.1, 0.15) is 18.4 Å². The van der Waals surface area contributed by atoms with Crippen molar-refractivity contribution in [3.05, 3.63) is 29.6 Å². The summed E-state index contributed by atoms with van der Waals surface area (Å²) in [7, 11) is 0. The normalized spacial score (nSPS) is 17.6. The van der Waals surface area contributed by atoms with Gasteiger partial charge in [-0.15, -0.1) is 0 Å². The standard InChI is InChI=1S/C13H12FN3O3/c14-9-3-4-10(8(6-9)7-15)16-13(20)17-5-1-2-11(17)12(18)19/h3-4,6,11H,1-2,5H2,(H,16,20)(H,18,19)/t11-/m1/s1. The summed E-state index contributed by atoms with van der Waals surface area (Å²) >= 11 is 0. The number of carboxylic acid groups (broad SMARTS) is 1. The molecule has 0 aliphatic carbocycles. The van der Waals surface area contributed by atoms with Crippen molar-refractivity contribution >= 4 is 17.7 Å². The van der Waals surface area contributed by atoms with E-state index in [9.17, 15) is 14.0 Å². The van der Waals surface area contributed by atoms with E-state index in [4.69, 9.17) is 10.4 Å². The van der Waals surface area contributed by atoms with Gasteiger partial charge in [0.2, 0.25) is 0 Å². The maximum atomic E-state index is 13.0. The number of nitriles is 1. The number of nitrogens with zero attached hydrogens (tertiary/aromatic N) is 2. The number of nitrogens with one attached hydrogen (secondary N) is 1. The SMILES string of the molecule is N#Cc1cc(F)ccc1NC(=O)N1CCC[C@@H]1C(=O)O. The summed E-state index contributed by atoms with van der Waals surface area (Å²) in [5.74, 6) is -1.64. The molecule has 7 heteroatoms. The number of rotatable bonds is 2. The van der Waals surface area contributed by atoms with Gasteiger partial charge in [-0.2, -0.15) is 5.26 Å². The summed E-state index contributed by atoms with van der Waals surface area (Å²) in [5.41, 5.74) is 0.152. The Balaban J connectivity index is 2.16. The molecule has 2 N–H and O–H groups in total. The van der Waals surface area contributed by atoms with Gasteiger partial charge in [-0.05, 0) is 31.0 Å². The predicted octanol–water partition coefficient (Wildman–Crippen LogP) is 1.78. The summed E-state index contributed by atoms with van der Waals surface area (Å²) < 4.78 is 13.0. The average Bonchev–Trinajstić information content (AvgIpc) is 2.90. The number of aliphatic carboxylic acids is 1. The number of hydrogen-bond acceptors (Lipinski definition) is 3. The number of likely N-dealkylation sites (tertiary alicyclic amines) is 1. The van der Waals surface area contributed by atoms with Crippen LogP contribution in [0.5, 0.6) is 0 Å². The third-order valence-electron chi connectivity index (χ3n) is 3.14. The molecule has 0 spiro atoms. The first kappa shape index (κ1) is 13.8. The number of carbonyl (C=O) groups is 2. The first-order valence-electron chi connectivity index (χ1n) is 6.03. The van der Waals surface area contributed by atoms with Gasteiger partial charge < -0.3 is 15.3 Å². The highest BCUT2D eigenvalue weighted by Gasteiger charge is 2.34. The van der Waals surface area contributed by atoms with E-state index in [1.54, 1.807) is 6.07 Å². The molecule has 20 heavy (non-hydrogen) atoms. The van der Waals surface area contributed by atoms with Crippen molar-refractivity contribution < 1.29 is 19.1 Å². The average molecular weight is 277 g/mol. The summed E-state index contributed by atoms with van der Waals surface area (Å²) in [4.78, 5) is 24.2. The molecule has 1 aromatic carbocycles. The number of halogens is 1. The fourth-order valence-electron chi connectivity index (χ4n) is 2.17. The Morgan fingerprint density at radius 1 is 1.50 bits per heavy atom. The number of benzene rings is 1. The number of hydrogen-bond donors (Lipinski definition) is 2. The van der Waals surface area contributed by atoms with Gasteiger partial charge in [-0.1, -0.05) is 0 Å². The van der Waals surface area contributed by atoms with Gasteiger partial charge in [0.15, 0.2) is 0 Å². The molecule has 1 aliphatic heterocycles. The summed E-state index contributed by atoms with van der Waals surface area (Å²) in [6.45, 7) is 0.339. The lowest BCUT2D eigenvalue weighted by Crippen LogP contribution is -2.42. The number of amides is 2. The molecule has 0 radical (unpaired) electrons. The maximum absolute atomic E-state index is 13.0. The van der Waals surface area contributed by atoms with Crippen LogP contribution in [0, 0.1) is 17.1 Å². The Labute approximate surface area is 114 Å². The largest absolute Gasteiger partial charge is 0.480 e. The summed E-state index contributed by atoms with van der Waals surface area (Å²) in [5, 5.41) is 20.3. The highest BCUT2D eigenvalue weighted by atomic mass is 19.1. The van der Waals surface area contributed by atoms with Crippen molar-refractivity contribution in [3.8, 4) is 6.07 Å². The minimum absolute atomic E-state index is 0.00979. The van der Waals surface area contributed by atoms with Crippen LogP contribution in [-0.2, 0) is 4.79 Å². The third kappa shape index (κ3) is 2.69. The molecule has 1 heterocycles. The van der Waals surface area contributed by atoms with Crippen molar-refractivity contribution in [3.63, 3.8) is 0 Å². The summed E-state index contributed by atoms with van der Waals surface area (Å²) in [6, 6.07) is 3.72. The van der Waals surface area contributed by atoms with Gasteiger partial charge in [0.05, 0.1) is 11.3 Å². The highest BCUT2D eigenvalue weighted by Crippen LogP contribution is 2.21. The van der Waals surface area contributed by atoms with E-state index in [-0.39, 0.29) is 11.3 Å². The fourth-order valence-corrected chi connectivity index (χ4v) is 2.17.